The number of hydrogen-bond acceptors (Lipinski definition) is 10. The van der Waals surface area contributed by atoms with E-state index in [1.807, 2.05) is 7.05 Å². The van der Waals surface area contributed by atoms with Crippen molar-refractivity contribution in [3.05, 3.63) is 82.1 Å². The Labute approximate surface area is 240 Å². The molecule has 214 valence electrons. The van der Waals surface area contributed by atoms with E-state index in [0.29, 0.717) is 39.2 Å². The van der Waals surface area contributed by atoms with Gasteiger partial charge < -0.3 is 25.4 Å². The van der Waals surface area contributed by atoms with Gasteiger partial charge in [-0.3, -0.25) is 20.0 Å². The Morgan fingerprint density at radius 2 is 2.10 bits per heavy atom. The minimum atomic E-state index is -0.893. The summed E-state index contributed by atoms with van der Waals surface area (Å²) in [6.45, 7) is 1.34. The highest BCUT2D eigenvalue weighted by atomic mass is 35.5. The second-order valence-electron chi connectivity index (χ2n) is 9.55. The number of fused-ring (bicyclic) bond motifs is 1. The molecule has 0 saturated heterocycles. The summed E-state index contributed by atoms with van der Waals surface area (Å²) in [5.74, 6) is -0.218. The molecule has 5 N–H and O–H groups in total. The van der Waals surface area contributed by atoms with Gasteiger partial charge in [0.2, 0.25) is 11.9 Å². The molecular formula is C27H28ClFN8O4. The maximum absolute atomic E-state index is 14.0. The van der Waals surface area contributed by atoms with Crippen LogP contribution in [0, 0.1) is 5.82 Å². The third-order valence-electron chi connectivity index (χ3n) is 6.77. The fourth-order valence-electron chi connectivity index (χ4n) is 4.58. The number of aromatic nitrogens is 2. The summed E-state index contributed by atoms with van der Waals surface area (Å²) >= 11 is 6.42. The number of hydrogen-bond donors (Lipinski definition) is 5. The average Bonchev–Trinajstić information content (AvgIpc) is 3.53. The first-order chi connectivity index (χ1) is 19.7. The number of halogens is 2. The first kappa shape index (κ1) is 28.1. The van der Waals surface area contributed by atoms with Crippen molar-refractivity contribution in [2.24, 2.45) is 0 Å². The van der Waals surface area contributed by atoms with Gasteiger partial charge in [0, 0.05) is 30.8 Å². The van der Waals surface area contributed by atoms with Gasteiger partial charge in [-0.1, -0.05) is 23.7 Å². The zero-order valence-electron chi connectivity index (χ0n) is 22.4. The quantitative estimate of drug-likeness (QED) is 0.255. The highest BCUT2D eigenvalue weighted by Crippen LogP contribution is 2.32. The van der Waals surface area contributed by atoms with Gasteiger partial charge in [0.25, 0.3) is 5.91 Å². The number of rotatable bonds is 9. The summed E-state index contributed by atoms with van der Waals surface area (Å²) in [6.07, 6.45) is 3.24. The van der Waals surface area contributed by atoms with Gasteiger partial charge in [0.1, 0.15) is 23.4 Å². The molecule has 2 aliphatic heterocycles. The third-order valence-corrected chi connectivity index (χ3v) is 7.05. The van der Waals surface area contributed by atoms with Crippen LogP contribution in [0.3, 0.4) is 0 Å². The van der Waals surface area contributed by atoms with Crippen molar-refractivity contribution in [1.82, 2.24) is 36.2 Å². The number of carbonyl (C=O) groups is 2. The topological polar surface area (TPSA) is 144 Å². The number of methoxy groups -OCH3 is 1. The molecule has 12 nitrogen and oxygen atoms in total. The molecule has 3 aromatic rings. The summed E-state index contributed by atoms with van der Waals surface area (Å²) in [4.78, 5) is 36.7. The molecule has 5 rings (SSSR count). The van der Waals surface area contributed by atoms with Gasteiger partial charge in [-0.2, -0.15) is 0 Å². The van der Waals surface area contributed by atoms with Gasteiger partial charge in [-0.15, -0.1) is 5.53 Å². The highest BCUT2D eigenvalue weighted by molar-refractivity contribution is 6.33. The molecule has 3 heterocycles. The first-order valence-corrected chi connectivity index (χ1v) is 13.0. The van der Waals surface area contributed by atoms with Crippen molar-refractivity contribution in [1.29, 1.82) is 0 Å². The van der Waals surface area contributed by atoms with Crippen molar-refractivity contribution >= 4 is 29.4 Å². The van der Waals surface area contributed by atoms with Crippen molar-refractivity contribution in [2.45, 2.75) is 25.6 Å². The summed E-state index contributed by atoms with van der Waals surface area (Å²) in [5, 5.41) is 17.7. The normalized spacial score (nSPS) is 15.7. The number of ether oxygens (including phenoxy) is 1. The Hall–Kier alpha value is -4.46. The molecule has 41 heavy (non-hydrogen) atoms. The van der Waals surface area contributed by atoms with Crippen molar-refractivity contribution in [3.63, 3.8) is 0 Å². The molecule has 0 bridgehead atoms. The maximum atomic E-state index is 14.0. The van der Waals surface area contributed by atoms with E-state index in [9.17, 15) is 19.1 Å². The Kier molecular flexibility index (Phi) is 7.92. The zero-order valence-corrected chi connectivity index (χ0v) is 23.2. The largest absolute Gasteiger partial charge is 0.497 e. The number of benzene rings is 2. The number of amides is 2. The van der Waals surface area contributed by atoms with E-state index in [4.69, 9.17) is 16.3 Å². The van der Waals surface area contributed by atoms with E-state index in [2.05, 4.69) is 31.6 Å². The van der Waals surface area contributed by atoms with Gasteiger partial charge in [-0.05, 0) is 36.2 Å². The third kappa shape index (κ3) is 5.87. The van der Waals surface area contributed by atoms with Crippen LogP contribution in [0.4, 0.5) is 10.3 Å². The highest BCUT2D eigenvalue weighted by Gasteiger charge is 2.35. The van der Waals surface area contributed by atoms with Crippen LogP contribution >= 0.6 is 11.6 Å². The van der Waals surface area contributed by atoms with E-state index in [1.165, 1.54) is 36.4 Å². The van der Waals surface area contributed by atoms with Crippen molar-refractivity contribution < 1.29 is 23.8 Å². The standard InChI is InChI=1S/C27H28ClFN8O4/c1-14(25(39)31-22(13-38)17-6-18(29)9-19(7-17)41-3)37-11-16-5-4-15(8-20(16)26(37)40)24-21(28)10-30-27(33-24)32-23-12-36(2)35-34-23/h4-10,12,14,22,34-35,38H,11,13H2,1-3H3,(H,31,39)(H,30,32,33)/t14-,22-/m1/s1. The smallest absolute Gasteiger partial charge is 0.255 e. The van der Waals surface area contributed by atoms with Crippen LogP contribution in [0.15, 0.2) is 54.6 Å². The summed E-state index contributed by atoms with van der Waals surface area (Å²) in [7, 11) is 3.21. The van der Waals surface area contributed by atoms with Gasteiger partial charge in [0.15, 0.2) is 0 Å². The van der Waals surface area contributed by atoms with Crippen LogP contribution in [-0.2, 0) is 11.3 Å². The Bertz CT molecular complexity index is 1540. The molecule has 2 amide bonds. The van der Waals surface area contributed by atoms with Gasteiger partial charge in [0.05, 0.1) is 42.9 Å². The molecule has 0 spiro atoms. The number of carbonyl (C=O) groups excluding carboxylic acids is 2. The van der Waals surface area contributed by atoms with Crippen molar-refractivity contribution in [2.75, 3.05) is 26.1 Å². The van der Waals surface area contributed by atoms with Crippen LogP contribution in [-0.4, -0.2) is 63.6 Å². The SMILES string of the molecule is COc1cc(F)cc([C@@H](CO)NC(=O)[C@@H](C)N2Cc3ccc(-c4nc(NC5=CN(C)NN5)ncc4Cl)cc3C2=O)c1. The van der Waals surface area contributed by atoms with Crippen LogP contribution in [0.1, 0.15) is 34.5 Å². The minimum absolute atomic E-state index is 0.214. The molecule has 14 heteroatoms. The van der Waals surface area contributed by atoms with E-state index in [1.54, 1.807) is 36.3 Å². The molecule has 1 aromatic heterocycles. The Morgan fingerprint density at radius 3 is 2.80 bits per heavy atom. The van der Waals surface area contributed by atoms with E-state index >= 15 is 0 Å². The summed E-state index contributed by atoms with van der Waals surface area (Å²) in [5.41, 5.74) is 8.33. The number of hydrazine groups is 2. The lowest BCUT2D eigenvalue weighted by Gasteiger charge is -2.26. The summed E-state index contributed by atoms with van der Waals surface area (Å²) < 4.78 is 19.1. The maximum Gasteiger partial charge on any atom is 0.255 e. The molecular weight excluding hydrogens is 555 g/mol. The predicted octanol–water partition coefficient (Wildman–Crippen LogP) is 2.30. The van der Waals surface area contributed by atoms with Crippen LogP contribution in [0.2, 0.25) is 5.02 Å². The molecule has 0 aliphatic carbocycles. The Morgan fingerprint density at radius 1 is 1.29 bits per heavy atom. The molecule has 0 fully saturated rings. The van der Waals surface area contributed by atoms with E-state index in [-0.39, 0.29) is 18.2 Å². The van der Waals surface area contributed by atoms with Gasteiger partial charge in [-0.25, -0.2) is 14.4 Å². The average molecular weight is 583 g/mol. The molecule has 0 unspecified atom stereocenters. The number of nitrogens with zero attached hydrogens (tertiary/aromatic N) is 4. The van der Waals surface area contributed by atoms with Crippen molar-refractivity contribution in [3.8, 4) is 17.0 Å². The fourth-order valence-corrected chi connectivity index (χ4v) is 4.78. The number of nitrogens with one attached hydrogen (secondary N) is 4. The second-order valence-corrected chi connectivity index (χ2v) is 9.96. The zero-order chi connectivity index (χ0) is 29.3. The second kappa shape index (κ2) is 11.6. The predicted molar refractivity (Wildman–Crippen MR) is 148 cm³/mol. The molecule has 2 atom stereocenters. The molecule has 2 aromatic carbocycles. The summed E-state index contributed by atoms with van der Waals surface area (Å²) in [6, 6.07) is 7.47. The monoisotopic (exact) mass is 582 g/mol. The molecule has 2 aliphatic rings. The lowest BCUT2D eigenvalue weighted by Crippen LogP contribution is -2.46. The number of aliphatic hydroxyl groups excluding tert-OH is 1. The number of anilines is 1. The molecule has 0 saturated carbocycles. The number of aliphatic hydroxyl groups is 1. The van der Waals surface area contributed by atoms with Crippen LogP contribution in [0.25, 0.3) is 11.3 Å². The molecule has 0 radical (unpaired) electrons. The fraction of sp³-hybridized carbons (Fsp3) is 0.259. The Balaban J connectivity index is 1.32. The first-order valence-electron chi connectivity index (χ1n) is 12.6. The minimum Gasteiger partial charge on any atom is -0.497 e. The lowest BCUT2D eigenvalue weighted by molar-refractivity contribution is -0.126. The van der Waals surface area contributed by atoms with Crippen LogP contribution in [0.5, 0.6) is 5.75 Å². The van der Waals surface area contributed by atoms with E-state index < -0.39 is 30.4 Å². The van der Waals surface area contributed by atoms with E-state index in [0.717, 1.165) is 5.56 Å². The van der Waals surface area contributed by atoms with Crippen LogP contribution < -0.4 is 26.3 Å². The van der Waals surface area contributed by atoms with Gasteiger partial charge >= 0.3 is 0 Å². The lowest BCUT2D eigenvalue weighted by atomic mass is 10.0.